The topological polar surface area (TPSA) is 95.2 Å². The van der Waals surface area contributed by atoms with Gasteiger partial charge in [0, 0.05) is 18.3 Å². The molecule has 1 heterocycles. The van der Waals surface area contributed by atoms with Crippen molar-refractivity contribution in [3.05, 3.63) is 28.6 Å². The molecule has 4 N–H and O–H groups in total. The summed E-state index contributed by atoms with van der Waals surface area (Å²) < 4.78 is 0. The molecule has 1 aromatic heterocycles. The lowest BCUT2D eigenvalue weighted by Crippen LogP contribution is -2.38. The van der Waals surface area contributed by atoms with E-state index in [4.69, 9.17) is 5.73 Å². The normalized spacial score (nSPS) is 15.7. The maximum Gasteiger partial charge on any atom is 0.260 e. The zero-order valence-electron chi connectivity index (χ0n) is 11.9. The summed E-state index contributed by atoms with van der Waals surface area (Å²) in [4.78, 5) is 21.6. The number of nitrogens with one attached hydrogen (secondary N) is 1. The number of hydrogen-bond acceptors (Lipinski definition) is 5. The molecule has 0 aliphatic heterocycles. The second-order valence-corrected chi connectivity index (χ2v) is 5.52. The first-order valence-electron chi connectivity index (χ1n) is 7.36. The lowest BCUT2D eigenvalue weighted by atomic mass is 10.2. The van der Waals surface area contributed by atoms with Gasteiger partial charge in [-0.15, -0.1) is 0 Å². The van der Waals surface area contributed by atoms with Gasteiger partial charge in [-0.1, -0.05) is 12.8 Å². The summed E-state index contributed by atoms with van der Waals surface area (Å²) in [5.74, 6) is 0.540. The first-order valence-corrected chi connectivity index (χ1v) is 7.36. The average molecular weight is 288 g/mol. The highest BCUT2D eigenvalue weighted by Crippen LogP contribution is 2.26. The van der Waals surface area contributed by atoms with E-state index in [1.807, 2.05) is 4.90 Å². The van der Waals surface area contributed by atoms with Crippen molar-refractivity contribution in [3.63, 3.8) is 0 Å². The number of H-pyrrole nitrogens is 1. The largest absolute Gasteiger partial charge is 0.399 e. The lowest BCUT2D eigenvalue weighted by Gasteiger charge is -2.28. The van der Waals surface area contributed by atoms with Crippen LogP contribution >= 0.6 is 0 Å². The van der Waals surface area contributed by atoms with Crippen molar-refractivity contribution in [1.82, 2.24) is 9.97 Å². The molecule has 3 rings (SSSR count). The minimum Gasteiger partial charge on any atom is -0.399 e. The van der Waals surface area contributed by atoms with Gasteiger partial charge < -0.3 is 15.7 Å². The van der Waals surface area contributed by atoms with Gasteiger partial charge in [0.15, 0.2) is 0 Å². The van der Waals surface area contributed by atoms with Crippen LogP contribution in [0.5, 0.6) is 0 Å². The molecule has 0 radical (unpaired) electrons. The molecule has 6 heteroatoms. The molecular formula is C15H20N4O2. The van der Waals surface area contributed by atoms with E-state index in [0.29, 0.717) is 35.1 Å². The quantitative estimate of drug-likeness (QED) is 0.736. The van der Waals surface area contributed by atoms with Crippen LogP contribution in [0, 0.1) is 0 Å². The van der Waals surface area contributed by atoms with Crippen LogP contribution in [-0.4, -0.2) is 34.3 Å². The van der Waals surface area contributed by atoms with Crippen LogP contribution in [0.25, 0.3) is 10.9 Å². The molecule has 1 saturated carbocycles. The van der Waals surface area contributed by atoms with E-state index in [2.05, 4.69) is 9.97 Å². The molecule has 0 amide bonds. The molecule has 0 spiro atoms. The highest BCUT2D eigenvalue weighted by molar-refractivity contribution is 5.81. The molecule has 112 valence electrons. The molecule has 2 aromatic rings. The SMILES string of the molecule is Nc1ccc2nc(N(CCO)C3CCCC3)[nH]c(=O)c2c1. The van der Waals surface area contributed by atoms with Crippen LogP contribution in [0.15, 0.2) is 23.0 Å². The van der Waals surface area contributed by atoms with Crippen molar-refractivity contribution in [2.24, 2.45) is 0 Å². The summed E-state index contributed by atoms with van der Waals surface area (Å²) in [5.41, 5.74) is 6.70. The highest BCUT2D eigenvalue weighted by Gasteiger charge is 2.24. The number of nitrogens with two attached hydrogens (primary N) is 1. The average Bonchev–Trinajstić information content (AvgIpc) is 2.99. The molecule has 1 aliphatic rings. The predicted octanol–water partition coefficient (Wildman–Crippen LogP) is 1.25. The summed E-state index contributed by atoms with van der Waals surface area (Å²) in [6.45, 7) is 0.522. The van der Waals surface area contributed by atoms with E-state index in [9.17, 15) is 9.90 Å². The Balaban J connectivity index is 2.05. The Morgan fingerprint density at radius 2 is 2.14 bits per heavy atom. The third kappa shape index (κ3) is 2.71. The fourth-order valence-corrected chi connectivity index (χ4v) is 3.07. The van der Waals surface area contributed by atoms with E-state index in [1.165, 1.54) is 12.8 Å². The van der Waals surface area contributed by atoms with Gasteiger partial charge in [-0.3, -0.25) is 9.78 Å². The van der Waals surface area contributed by atoms with E-state index in [1.54, 1.807) is 18.2 Å². The Kier molecular flexibility index (Phi) is 3.79. The summed E-state index contributed by atoms with van der Waals surface area (Å²) in [6.07, 6.45) is 4.51. The second kappa shape index (κ2) is 5.73. The number of fused-ring (bicyclic) bond motifs is 1. The van der Waals surface area contributed by atoms with Gasteiger partial charge in [-0.25, -0.2) is 4.98 Å². The fraction of sp³-hybridized carbons (Fsp3) is 0.467. The molecule has 0 unspecified atom stereocenters. The summed E-state index contributed by atoms with van der Waals surface area (Å²) in [5, 5.41) is 9.79. The number of aromatic nitrogens is 2. The van der Waals surface area contributed by atoms with Crippen LogP contribution in [0.2, 0.25) is 0 Å². The van der Waals surface area contributed by atoms with Gasteiger partial charge in [0.1, 0.15) is 0 Å². The second-order valence-electron chi connectivity index (χ2n) is 5.52. The Morgan fingerprint density at radius 3 is 2.86 bits per heavy atom. The fourth-order valence-electron chi connectivity index (χ4n) is 3.07. The monoisotopic (exact) mass is 288 g/mol. The van der Waals surface area contributed by atoms with Crippen molar-refractivity contribution >= 4 is 22.5 Å². The summed E-state index contributed by atoms with van der Waals surface area (Å²) in [6, 6.07) is 5.47. The zero-order valence-corrected chi connectivity index (χ0v) is 11.9. The lowest BCUT2D eigenvalue weighted by molar-refractivity contribution is 0.296. The molecule has 1 aliphatic carbocycles. The summed E-state index contributed by atoms with van der Waals surface area (Å²) >= 11 is 0. The smallest absolute Gasteiger partial charge is 0.260 e. The van der Waals surface area contributed by atoms with Crippen molar-refractivity contribution in [2.45, 2.75) is 31.7 Å². The van der Waals surface area contributed by atoms with Crippen molar-refractivity contribution in [3.8, 4) is 0 Å². The molecule has 0 saturated heterocycles. The standard InChI is InChI=1S/C15H20N4O2/c16-10-5-6-13-12(9-10)14(21)18-15(17-13)19(7-8-20)11-3-1-2-4-11/h5-6,9,11,20H,1-4,7-8,16H2,(H,17,18,21). The number of aliphatic hydroxyl groups excluding tert-OH is 1. The van der Waals surface area contributed by atoms with Crippen LogP contribution in [0.4, 0.5) is 11.6 Å². The van der Waals surface area contributed by atoms with Crippen molar-refractivity contribution < 1.29 is 5.11 Å². The number of rotatable bonds is 4. The Hall–Kier alpha value is -2.08. The van der Waals surface area contributed by atoms with Gasteiger partial charge in [0.05, 0.1) is 17.5 Å². The minimum absolute atomic E-state index is 0.0417. The number of benzene rings is 1. The van der Waals surface area contributed by atoms with Crippen molar-refractivity contribution in [2.75, 3.05) is 23.8 Å². The molecule has 1 fully saturated rings. The number of aliphatic hydroxyl groups is 1. The van der Waals surface area contributed by atoms with Crippen LogP contribution in [0.3, 0.4) is 0 Å². The number of anilines is 2. The molecule has 6 nitrogen and oxygen atoms in total. The number of nitrogens with zero attached hydrogens (tertiary/aromatic N) is 2. The Labute approximate surface area is 122 Å². The van der Waals surface area contributed by atoms with Gasteiger partial charge in [0.25, 0.3) is 5.56 Å². The number of nitrogen functional groups attached to an aromatic ring is 1. The molecule has 1 aromatic carbocycles. The van der Waals surface area contributed by atoms with E-state index in [-0.39, 0.29) is 12.2 Å². The molecule has 0 atom stereocenters. The Bertz CT molecular complexity index is 692. The number of hydrogen-bond donors (Lipinski definition) is 3. The maximum absolute atomic E-state index is 12.2. The van der Waals surface area contributed by atoms with Crippen molar-refractivity contribution in [1.29, 1.82) is 0 Å². The third-order valence-electron chi connectivity index (χ3n) is 4.10. The third-order valence-corrected chi connectivity index (χ3v) is 4.10. The first-order chi connectivity index (χ1) is 10.2. The molecule has 0 bridgehead atoms. The van der Waals surface area contributed by atoms with Crippen LogP contribution < -0.4 is 16.2 Å². The van der Waals surface area contributed by atoms with E-state index < -0.39 is 0 Å². The van der Waals surface area contributed by atoms with Gasteiger partial charge in [-0.2, -0.15) is 0 Å². The highest BCUT2D eigenvalue weighted by atomic mass is 16.3. The molecule has 21 heavy (non-hydrogen) atoms. The van der Waals surface area contributed by atoms with E-state index >= 15 is 0 Å². The van der Waals surface area contributed by atoms with Crippen LogP contribution in [0.1, 0.15) is 25.7 Å². The number of aromatic amines is 1. The predicted molar refractivity (Wildman–Crippen MR) is 83.5 cm³/mol. The zero-order chi connectivity index (χ0) is 14.8. The Morgan fingerprint density at radius 1 is 1.38 bits per heavy atom. The minimum atomic E-state index is -0.191. The van der Waals surface area contributed by atoms with E-state index in [0.717, 1.165) is 12.8 Å². The summed E-state index contributed by atoms with van der Waals surface area (Å²) in [7, 11) is 0. The van der Waals surface area contributed by atoms with Crippen LogP contribution in [-0.2, 0) is 0 Å². The first kappa shape index (κ1) is 13.9. The maximum atomic E-state index is 12.2. The molecular weight excluding hydrogens is 268 g/mol. The van der Waals surface area contributed by atoms with Gasteiger partial charge in [-0.05, 0) is 31.0 Å². The van der Waals surface area contributed by atoms with Gasteiger partial charge in [0.2, 0.25) is 5.95 Å². The van der Waals surface area contributed by atoms with Gasteiger partial charge >= 0.3 is 0 Å².